The van der Waals surface area contributed by atoms with Crippen LogP contribution >= 0.6 is 46.9 Å². The summed E-state index contributed by atoms with van der Waals surface area (Å²) < 4.78 is 72.8. The molecule has 0 unspecified atom stereocenters. The van der Waals surface area contributed by atoms with Crippen molar-refractivity contribution in [1.29, 1.82) is 0 Å². The summed E-state index contributed by atoms with van der Waals surface area (Å²) in [6.45, 7) is 0. The first kappa shape index (κ1) is 29.0. The van der Waals surface area contributed by atoms with Crippen molar-refractivity contribution < 1.29 is 93.6 Å². The van der Waals surface area contributed by atoms with E-state index in [2.05, 4.69) is 17.2 Å². The van der Waals surface area contributed by atoms with E-state index in [0.29, 0.717) is 0 Å². The highest BCUT2D eigenvalue weighted by molar-refractivity contribution is 7.67. The molecule has 10 N–H and O–H groups in total. The minimum absolute atomic E-state index is 3.06. The Kier molecular flexibility index (Phi) is 10.7. The second kappa shape index (κ2) is 9.55. The summed E-state index contributed by atoms with van der Waals surface area (Å²) in [6.07, 6.45) is 0. The molecular weight excluding hydrogens is 506 g/mol. The molecule has 0 atom stereocenters. The van der Waals surface area contributed by atoms with Gasteiger partial charge in [-0.05, 0) is 0 Å². The fourth-order valence-electron chi connectivity index (χ4n) is 0.567. The summed E-state index contributed by atoms with van der Waals surface area (Å²) in [5, 5.41) is 0. The summed E-state index contributed by atoms with van der Waals surface area (Å²) >= 11 is 0. The minimum atomic E-state index is -5.46. The molecule has 26 heavy (non-hydrogen) atoms. The largest absolute Gasteiger partial charge is 0.490 e. The van der Waals surface area contributed by atoms with Gasteiger partial charge in [0.15, 0.2) is 0 Å². The highest BCUT2D eigenvalue weighted by atomic mass is 31.3. The Labute approximate surface area is 141 Å². The predicted octanol–water partition coefficient (Wildman–Crippen LogP) is -1.39. The summed E-state index contributed by atoms with van der Waals surface area (Å²) in [6, 6.07) is 0. The SMILES string of the molecule is O=P(O)(O)OP(=O)(O)OP(=O)(O)O.O=P(O)(O)OP(=O)(O)OP(=O)(O)O. The van der Waals surface area contributed by atoms with Gasteiger partial charge in [0.05, 0.1) is 0 Å². The zero-order valence-electron chi connectivity index (χ0n) is 11.2. The monoisotopic (exact) mass is 516 g/mol. The van der Waals surface area contributed by atoms with Crippen molar-refractivity contribution in [2.24, 2.45) is 0 Å². The van der Waals surface area contributed by atoms with Crippen molar-refractivity contribution in [3.63, 3.8) is 0 Å². The van der Waals surface area contributed by atoms with Crippen LogP contribution in [0.15, 0.2) is 0 Å². The van der Waals surface area contributed by atoms with Crippen molar-refractivity contribution in [3.8, 4) is 0 Å². The maximum atomic E-state index is 10.4. The van der Waals surface area contributed by atoms with E-state index in [9.17, 15) is 27.4 Å². The smallest absolute Gasteiger partial charge is 0.302 e. The maximum Gasteiger partial charge on any atom is 0.490 e. The topological polar surface area (TPSA) is 342 Å². The molecule has 0 amide bonds. The molecule has 160 valence electrons. The Morgan fingerprint density at radius 3 is 0.538 bits per heavy atom. The molecule has 0 heterocycles. The third-order valence-electron chi connectivity index (χ3n) is 0.838. The number of hydrogen-bond acceptors (Lipinski definition) is 10. The van der Waals surface area contributed by atoms with E-state index in [1.165, 1.54) is 0 Å². The molecule has 0 aromatic rings. The lowest BCUT2D eigenvalue weighted by atomic mass is 15.7. The minimum Gasteiger partial charge on any atom is -0.302 e. The van der Waals surface area contributed by atoms with Gasteiger partial charge in [-0.25, -0.2) is 27.4 Å². The van der Waals surface area contributed by atoms with Crippen LogP contribution in [0, 0.1) is 0 Å². The molecular formula is H10O20P6. The van der Waals surface area contributed by atoms with Crippen molar-refractivity contribution >= 4 is 46.9 Å². The third-order valence-corrected chi connectivity index (χ3v) is 7.54. The summed E-state index contributed by atoms with van der Waals surface area (Å²) in [4.78, 5) is 80.4. The molecule has 20 nitrogen and oxygen atoms in total. The van der Waals surface area contributed by atoms with E-state index in [4.69, 9.17) is 48.9 Å². The first-order valence-electron chi connectivity index (χ1n) is 4.56. The number of rotatable bonds is 8. The molecule has 0 rings (SSSR count). The first-order chi connectivity index (χ1) is 10.8. The quantitative estimate of drug-likeness (QED) is 0.166. The Bertz CT molecular complexity index is 608. The summed E-state index contributed by atoms with van der Waals surface area (Å²) in [5.41, 5.74) is 0. The molecule has 0 saturated carbocycles. The van der Waals surface area contributed by atoms with Crippen LogP contribution in [-0.4, -0.2) is 48.9 Å². The second-order valence-electron chi connectivity index (χ2n) is 3.23. The van der Waals surface area contributed by atoms with Crippen LogP contribution in [0.3, 0.4) is 0 Å². The Hall–Kier alpha value is 0.820. The molecule has 0 aliphatic carbocycles. The molecule has 0 fully saturated rings. The molecule has 0 aliphatic rings. The molecule has 0 aliphatic heterocycles. The maximum absolute atomic E-state index is 10.4. The lowest BCUT2D eigenvalue weighted by Crippen LogP contribution is -1.92. The van der Waals surface area contributed by atoms with Crippen LogP contribution in [0.25, 0.3) is 0 Å². The van der Waals surface area contributed by atoms with Crippen LogP contribution < -0.4 is 0 Å². The lowest BCUT2D eigenvalue weighted by Gasteiger charge is -2.12. The van der Waals surface area contributed by atoms with Gasteiger partial charge in [0, 0.05) is 0 Å². The van der Waals surface area contributed by atoms with E-state index in [0.717, 1.165) is 0 Å². The van der Waals surface area contributed by atoms with Gasteiger partial charge in [-0.2, -0.15) is 17.2 Å². The van der Waals surface area contributed by atoms with Crippen LogP contribution in [-0.2, 0) is 44.6 Å². The lowest BCUT2D eigenvalue weighted by molar-refractivity contribution is 0.198. The second-order valence-corrected chi connectivity index (χ2v) is 11.6. The standard InChI is InChI=1S/2H5O10P3/c2*1-11(2,3)9-13(7,8)10-12(4,5)6/h2*(H,7,8)(H2,1,2,3)(H2,4,5,6). The van der Waals surface area contributed by atoms with Crippen LogP contribution in [0.4, 0.5) is 0 Å². The Morgan fingerprint density at radius 2 is 0.462 bits per heavy atom. The zero-order valence-corrected chi connectivity index (χ0v) is 16.6. The van der Waals surface area contributed by atoms with Gasteiger partial charge in [-0.1, -0.05) is 0 Å². The average molecular weight is 516 g/mol. The van der Waals surface area contributed by atoms with E-state index in [-0.39, 0.29) is 0 Å². The highest BCUT2D eigenvalue weighted by Crippen LogP contribution is 2.65. The number of hydrogen-bond donors (Lipinski definition) is 10. The molecule has 0 saturated heterocycles. The molecule has 0 bridgehead atoms. The van der Waals surface area contributed by atoms with Crippen LogP contribution in [0.5, 0.6) is 0 Å². The fraction of sp³-hybridized carbons (Fsp3) is 0. The van der Waals surface area contributed by atoms with Gasteiger partial charge in [0.1, 0.15) is 0 Å². The van der Waals surface area contributed by atoms with Gasteiger partial charge in [-0.3, -0.25) is 0 Å². The normalized spacial score (nSPS) is 14.5. The third kappa shape index (κ3) is 22.9. The van der Waals surface area contributed by atoms with E-state index in [1.54, 1.807) is 0 Å². The zero-order chi connectivity index (χ0) is 21.8. The molecule has 0 spiro atoms. The average Bonchev–Trinajstić information content (AvgIpc) is 1.97. The first-order valence-corrected chi connectivity index (χ1v) is 13.7. The Balaban J connectivity index is 0. The fourth-order valence-corrected chi connectivity index (χ4v) is 5.64. The summed E-state index contributed by atoms with van der Waals surface area (Å²) in [5.74, 6) is 0. The van der Waals surface area contributed by atoms with Crippen LogP contribution in [0.2, 0.25) is 0 Å². The number of phosphoric acid groups is 6. The predicted molar refractivity (Wildman–Crippen MR) is 72.2 cm³/mol. The van der Waals surface area contributed by atoms with Gasteiger partial charge in [0.2, 0.25) is 0 Å². The van der Waals surface area contributed by atoms with Gasteiger partial charge >= 0.3 is 46.9 Å². The van der Waals surface area contributed by atoms with E-state index in [1.807, 2.05) is 0 Å². The molecule has 26 heteroatoms. The van der Waals surface area contributed by atoms with Gasteiger partial charge in [-0.15, -0.1) is 0 Å². The summed E-state index contributed by atoms with van der Waals surface area (Å²) in [7, 11) is -32.3. The van der Waals surface area contributed by atoms with Gasteiger partial charge in [0.25, 0.3) is 0 Å². The van der Waals surface area contributed by atoms with Crippen molar-refractivity contribution in [1.82, 2.24) is 0 Å². The molecule has 0 radical (unpaired) electrons. The van der Waals surface area contributed by atoms with E-state index < -0.39 is 46.9 Å². The molecule has 0 aromatic heterocycles. The van der Waals surface area contributed by atoms with Crippen molar-refractivity contribution in [2.75, 3.05) is 0 Å². The van der Waals surface area contributed by atoms with E-state index >= 15 is 0 Å². The van der Waals surface area contributed by atoms with Crippen molar-refractivity contribution in [3.05, 3.63) is 0 Å². The van der Waals surface area contributed by atoms with Crippen LogP contribution in [0.1, 0.15) is 0 Å². The Morgan fingerprint density at radius 1 is 0.346 bits per heavy atom. The highest BCUT2D eigenvalue weighted by Gasteiger charge is 2.39. The van der Waals surface area contributed by atoms with Crippen molar-refractivity contribution in [2.45, 2.75) is 0 Å². The molecule has 0 aromatic carbocycles. The van der Waals surface area contributed by atoms with Gasteiger partial charge < -0.3 is 48.9 Å².